The van der Waals surface area contributed by atoms with Crippen LogP contribution in [0.15, 0.2) is 47.5 Å². The molecule has 0 bridgehead atoms. The second kappa shape index (κ2) is 14.0. The molecule has 7 nitrogen and oxygen atoms in total. The minimum atomic E-state index is 0. The first kappa shape index (κ1) is 26.8. The molecule has 0 aromatic heterocycles. The van der Waals surface area contributed by atoms with E-state index >= 15 is 0 Å². The van der Waals surface area contributed by atoms with E-state index in [2.05, 4.69) is 46.8 Å². The van der Waals surface area contributed by atoms with E-state index in [1.807, 2.05) is 30.3 Å². The van der Waals surface area contributed by atoms with Crippen LogP contribution in [0.5, 0.6) is 17.2 Å². The molecule has 0 amide bonds. The summed E-state index contributed by atoms with van der Waals surface area (Å²) in [6, 6.07) is 14.3. The summed E-state index contributed by atoms with van der Waals surface area (Å²) in [6.45, 7) is 1.47. The van der Waals surface area contributed by atoms with Gasteiger partial charge in [-0.15, -0.1) is 24.0 Å². The monoisotopic (exact) mass is 542 g/mol. The van der Waals surface area contributed by atoms with Crippen LogP contribution in [0.25, 0.3) is 0 Å². The molecule has 2 aromatic rings. The molecule has 0 radical (unpaired) electrons. The third kappa shape index (κ3) is 8.10. The lowest BCUT2D eigenvalue weighted by atomic mass is 10.1. The second-order valence-corrected chi connectivity index (χ2v) is 7.08. The van der Waals surface area contributed by atoms with Crippen molar-refractivity contribution in [1.29, 1.82) is 0 Å². The van der Waals surface area contributed by atoms with Gasteiger partial charge in [0, 0.05) is 20.1 Å². The highest BCUT2D eigenvalue weighted by Crippen LogP contribution is 2.27. The number of methoxy groups -OCH3 is 3. The summed E-state index contributed by atoms with van der Waals surface area (Å²) in [4.78, 5) is 6.52. The van der Waals surface area contributed by atoms with E-state index in [9.17, 15) is 0 Å². The Hall–Kier alpha value is -2.20. The Balaban J connectivity index is 0.00000480. The highest BCUT2D eigenvalue weighted by atomic mass is 127. The largest absolute Gasteiger partial charge is 0.497 e. The smallest absolute Gasteiger partial charge is 0.191 e. The lowest BCUT2D eigenvalue weighted by Crippen LogP contribution is -2.42. The zero-order valence-electron chi connectivity index (χ0n) is 19.3. The lowest BCUT2D eigenvalue weighted by molar-refractivity contribution is 0.297. The minimum absolute atomic E-state index is 0. The Morgan fingerprint density at radius 2 is 1.71 bits per heavy atom. The Morgan fingerprint density at radius 1 is 0.968 bits per heavy atom. The van der Waals surface area contributed by atoms with Gasteiger partial charge in [-0.05, 0) is 55.9 Å². The van der Waals surface area contributed by atoms with Gasteiger partial charge in [0.05, 0.1) is 27.4 Å². The highest BCUT2D eigenvalue weighted by Gasteiger charge is 2.15. The van der Waals surface area contributed by atoms with E-state index in [1.54, 1.807) is 28.4 Å². The molecule has 8 heteroatoms. The standard InChI is InChI=1S/C23H34N4O3.HI/c1-24-23(25-13-12-17-10-11-21(29-5)22(14-17)30-6)26-16-20(27(2)3)18-8-7-9-19(15-18)28-4;/h7-11,14-15,20H,12-13,16H2,1-6H3,(H2,24,25,26);1H. The SMILES string of the molecule is CN=C(NCCc1ccc(OC)c(OC)c1)NCC(c1cccc(OC)c1)N(C)C.I. The molecular formula is C23H35IN4O3. The summed E-state index contributed by atoms with van der Waals surface area (Å²) in [7, 11) is 10.9. The Morgan fingerprint density at radius 3 is 2.32 bits per heavy atom. The number of nitrogens with zero attached hydrogens (tertiary/aromatic N) is 2. The van der Waals surface area contributed by atoms with Gasteiger partial charge in [0.25, 0.3) is 0 Å². The van der Waals surface area contributed by atoms with E-state index in [-0.39, 0.29) is 30.0 Å². The van der Waals surface area contributed by atoms with E-state index in [4.69, 9.17) is 14.2 Å². The average molecular weight is 542 g/mol. The number of halogens is 1. The molecule has 0 aliphatic heterocycles. The first-order chi connectivity index (χ1) is 14.5. The molecule has 0 fully saturated rings. The van der Waals surface area contributed by atoms with Crippen LogP contribution in [0, 0.1) is 0 Å². The summed E-state index contributed by atoms with van der Waals surface area (Å²) in [5, 5.41) is 6.80. The van der Waals surface area contributed by atoms with Crippen LogP contribution in [-0.4, -0.2) is 66.4 Å². The van der Waals surface area contributed by atoms with Gasteiger partial charge < -0.3 is 29.7 Å². The maximum atomic E-state index is 5.38. The normalized spacial score (nSPS) is 12.0. The quantitative estimate of drug-likeness (QED) is 0.273. The van der Waals surface area contributed by atoms with Crippen LogP contribution in [0.3, 0.4) is 0 Å². The van der Waals surface area contributed by atoms with Crippen LogP contribution in [0.2, 0.25) is 0 Å². The first-order valence-electron chi connectivity index (χ1n) is 9.98. The van der Waals surface area contributed by atoms with Gasteiger partial charge in [-0.2, -0.15) is 0 Å². The number of likely N-dealkylation sites (N-methyl/N-ethyl adjacent to an activating group) is 1. The van der Waals surface area contributed by atoms with Gasteiger partial charge in [-0.3, -0.25) is 4.99 Å². The minimum Gasteiger partial charge on any atom is -0.497 e. The third-order valence-electron chi connectivity index (χ3n) is 4.94. The molecule has 0 saturated heterocycles. The van der Waals surface area contributed by atoms with E-state index < -0.39 is 0 Å². The number of hydrogen-bond donors (Lipinski definition) is 2. The van der Waals surface area contributed by atoms with Crippen LogP contribution >= 0.6 is 24.0 Å². The molecule has 31 heavy (non-hydrogen) atoms. The summed E-state index contributed by atoms with van der Waals surface area (Å²) in [5.74, 6) is 3.10. The molecule has 0 aliphatic carbocycles. The van der Waals surface area contributed by atoms with Gasteiger partial charge in [0.1, 0.15) is 5.75 Å². The van der Waals surface area contributed by atoms with Gasteiger partial charge >= 0.3 is 0 Å². The van der Waals surface area contributed by atoms with Gasteiger partial charge in [0.2, 0.25) is 0 Å². The topological polar surface area (TPSA) is 67.4 Å². The predicted molar refractivity (Wildman–Crippen MR) is 137 cm³/mol. The summed E-state index contributed by atoms with van der Waals surface area (Å²) < 4.78 is 16.0. The zero-order valence-corrected chi connectivity index (χ0v) is 21.6. The van der Waals surface area contributed by atoms with Crippen molar-refractivity contribution < 1.29 is 14.2 Å². The predicted octanol–water partition coefficient (Wildman–Crippen LogP) is 3.34. The fraction of sp³-hybridized carbons (Fsp3) is 0.435. The van der Waals surface area contributed by atoms with Crippen molar-refractivity contribution in [3.05, 3.63) is 53.6 Å². The van der Waals surface area contributed by atoms with E-state index in [1.165, 1.54) is 5.56 Å². The second-order valence-electron chi connectivity index (χ2n) is 7.08. The highest BCUT2D eigenvalue weighted by molar-refractivity contribution is 14.0. The molecule has 1 unspecified atom stereocenters. The van der Waals surface area contributed by atoms with Crippen molar-refractivity contribution in [2.75, 3.05) is 55.6 Å². The van der Waals surface area contributed by atoms with Crippen molar-refractivity contribution in [2.45, 2.75) is 12.5 Å². The molecule has 0 spiro atoms. The van der Waals surface area contributed by atoms with Gasteiger partial charge in [0.15, 0.2) is 17.5 Å². The maximum absolute atomic E-state index is 5.38. The van der Waals surface area contributed by atoms with Crippen molar-refractivity contribution in [3.63, 3.8) is 0 Å². The summed E-state index contributed by atoms with van der Waals surface area (Å²) in [6.07, 6.45) is 0.841. The van der Waals surface area contributed by atoms with Crippen LogP contribution in [0.4, 0.5) is 0 Å². The number of hydrogen-bond acceptors (Lipinski definition) is 5. The molecule has 1 atom stereocenters. The number of rotatable bonds is 10. The first-order valence-corrected chi connectivity index (χ1v) is 9.98. The van der Waals surface area contributed by atoms with Gasteiger partial charge in [-0.25, -0.2) is 0 Å². The number of aliphatic imine (C=N–C) groups is 1. The summed E-state index contributed by atoms with van der Waals surface area (Å²) in [5.41, 5.74) is 2.35. The van der Waals surface area contributed by atoms with Crippen LogP contribution in [-0.2, 0) is 6.42 Å². The summed E-state index contributed by atoms with van der Waals surface area (Å²) >= 11 is 0. The van der Waals surface area contributed by atoms with E-state index in [0.29, 0.717) is 0 Å². The molecular weight excluding hydrogens is 507 g/mol. The van der Waals surface area contributed by atoms with Crippen molar-refractivity contribution in [2.24, 2.45) is 4.99 Å². The molecule has 2 rings (SSSR count). The lowest BCUT2D eigenvalue weighted by Gasteiger charge is -2.26. The average Bonchev–Trinajstić information content (AvgIpc) is 2.77. The maximum Gasteiger partial charge on any atom is 0.191 e. The zero-order chi connectivity index (χ0) is 21.9. The molecule has 2 N–H and O–H groups in total. The molecule has 0 aliphatic rings. The molecule has 0 heterocycles. The molecule has 0 saturated carbocycles. The number of ether oxygens (including phenoxy) is 3. The third-order valence-corrected chi connectivity index (χ3v) is 4.94. The van der Waals surface area contributed by atoms with Crippen LogP contribution < -0.4 is 24.8 Å². The van der Waals surface area contributed by atoms with Crippen LogP contribution in [0.1, 0.15) is 17.2 Å². The number of nitrogens with one attached hydrogen (secondary N) is 2. The Labute approximate surface area is 203 Å². The van der Waals surface area contributed by atoms with Gasteiger partial charge in [-0.1, -0.05) is 18.2 Å². The van der Waals surface area contributed by atoms with E-state index in [0.717, 1.165) is 48.3 Å². The fourth-order valence-electron chi connectivity index (χ4n) is 3.22. The number of benzene rings is 2. The number of guanidine groups is 1. The Bertz CT molecular complexity index is 830. The van der Waals surface area contributed by atoms with Crippen molar-refractivity contribution in [1.82, 2.24) is 15.5 Å². The van der Waals surface area contributed by atoms with Crippen molar-refractivity contribution >= 4 is 29.9 Å². The fourth-order valence-corrected chi connectivity index (χ4v) is 3.22. The Kier molecular flexibility index (Phi) is 12.1. The molecule has 2 aromatic carbocycles. The van der Waals surface area contributed by atoms with Crippen molar-refractivity contribution in [3.8, 4) is 17.2 Å². The molecule has 172 valence electrons.